The first kappa shape index (κ1) is 7.82. The normalized spacial score (nSPS) is 9.80. The number of pyridine rings is 1. The molecule has 2 nitrogen and oxygen atoms in total. The van der Waals surface area contributed by atoms with Gasteiger partial charge in [0, 0.05) is 0 Å². The number of aromatic nitrogens is 1. The molecule has 54 valence electrons. The number of rotatable bonds is 1. The van der Waals surface area contributed by atoms with Gasteiger partial charge in [-0.15, -0.1) is 11.6 Å². The molecule has 0 bridgehead atoms. The van der Waals surface area contributed by atoms with Crippen LogP contribution in [-0.4, -0.2) is 10.1 Å². The van der Waals surface area contributed by atoms with Gasteiger partial charge in [-0.2, -0.15) is 0 Å². The van der Waals surface area contributed by atoms with Crippen LogP contribution in [0.1, 0.15) is 5.69 Å². The van der Waals surface area contributed by atoms with Crippen LogP contribution in [0.25, 0.3) is 0 Å². The summed E-state index contributed by atoms with van der Waals surface area (Å²) in [7, 11) is 0. The lowest BCUT2D eigenvalue weighted by Gasteiger charge is -1.96. The molecule has 10 heavy (non-hydrogen) atoms. The maximum Gasteiger partial charge on any atom is 0.148 e. The van der Waals surface area contributed by atoms with E-state index in [1.807, 2.05) is 0 Å². The molecule has 0 unspecified atom stereocenters. The van der Waals surface area contributed by atoms with E-state index in [0.29, 0.717) is 10.4 Å². The zero-order chi connectivity index (χ0) is 7.56. The Morgan fingerprint density at radius 1 is 1.70 bits per heavy atom. The molecular weight excluding hydrogens is 217 g/mol. The van der Waals surface area contributed by atoms with Gasteiger partial charge < -0.3 is 5.11 Å². The predicted molar refractivity (Wildman–Crippen MR) is 43.2 cm³/mol. The molecule has 0 aromatic carbocycles. The van der Waals surface area contributed by atoms with Gasteiger partial charge in [0.15, 0.2) is 0 Å². The Bertz CT molecular complexity index is 241. The SMILES string of the molecule is Oc1cnc(CCl)cc1Br. The van der Waals surface area contributed by atoms with Gasteiger partial charge in [0.2, 0.25) is 0 Å². The molecule has 1 rings (SSSR count). The smallest absolute Gasteiger partial charge is 0.148 e. The van der Waals surface area contributed by atoms with E-state index in [4.69, 9.17) is 16.7 Å². The Balaban J connectivity index is 3.04. The molecule has 0 saturated heterocycles. The predicted octanol–water partition coefficient (Wildman–Crippen LogP) is 2.29. The van der Waals surface area contributed by atoms with Crippen LogP contribution in [0, 0.1) is 0 Å². The molecule has 0 fully saturated rings. The van der Waals surface area contributed by atoms with Crippen molar-refractivity contribution < 1.29 is 5.11 Å². The number of aromatic hydroxyl groups is 1. The van der Waals surface area contributed by atoms with Crippen LogP contribution in [0.3, 0.4) is 0 Å². The van der Waals surface area contributed by atoms with Crippen LogP contribution in [0.5, 0.6) is 5.75 Å². The Labute approximate surface area is 72.0 Å². The molecular formula is C6H5BrClNO. The van der Waals surface area contributed by atoms with E-state index in [0.717, 1.165) is 5.69 Å². The molecule has 0 radical (unpaired) electrons. The summed E-state index contributed by atoms with van der Waals surface area (Å²) in [4.78, 5) is 3.85. The minimum Gasteiger partial charge on any atom is -0.505 e. The molecule has 0 aliphatic carbocycles. The zero-order valence-electron chi connectivity index (χ0n) is 5.01. The van der Waals surface area contributed by atoms with Crippen molar-refractivity contribution in [3.05, 3.63) is 22.4 Å². The van der Waals surface area contributed by atoms with Crippen molar-refractivity contribution in [2.24, 2.45) is 0 Å². The summed E-state index contributed by atoms with van der Waals surface area (Å²) in [5.41, 5.74) is 0.742. The number of alkyl halides is 1. The van der Waals surface area contributed by atoms with Gasteiger partial charge in [-0.25, -0.2) is 0 Å². The van der Waals surface area contributed by atoms with Crippen LogP contribution in [-0.2, 0) is 5.88 Å². The van der Waals surface area contributed by atoms with E-state index < -0.39 is 0 Å². The average molecular weight is 222 g/mol. The van der Waals surface area contributed by atoms with Crippen molar-refractivity contribution in [2.75, 3.05) is 0 Å². The topological polar surface area (TPSA) is 33.1 Å². The molecule has 1 aromatic heterocycles. The molecule has 0 atom stereocenters. The van der Waals surface area contributed by atoms with Crippen molar-refractivity contribution in [3.63, 3.8) is 0 Å². The number of hydrogen-bond donors (Lipinski definition) is 1. The molecule has 1 aromatic rings. The summed E-state index contributed by atoms with van der Waals surface area (Å²) in [5.74, 6) is 0.493. The lowest BCUT2D eigenvalue weighted by Crippen LogP contribution is -1.83. The van der Waals surface area contributed by atoms with E-state index in [-0.39, 0.29) is 5.75 Å². The molecule has 0 saturated carbocycles. The third-order valence-corrected chi connectivity index (χ3v) is 1.94. The van der Waals surface area contributed by atoms with Crippen molar-refractivity contribution in [1.29, 1.82) is 0 Å². The summed E-state index contributed by atoms with van der Waals surface area (Å²) in [6, 6.07) is 1.68. The van der Waals surface area contributed by atoms with Gasteiger partial charge in [0.05, 0.1) is 22.2 Å². The maximum atomic E-state index is 8.99. The molecule has 0 spiro atoms. The second-order valence-electron chi connectivity index (χ2n) is 1.76. The van der Waals surface area contributed by atoms with Crippen LogP contribution in [0.15, 0.2) is 16.7 Å². The molecule has 0 aliphatic heterocycles. The first-order valence-corrected chi connectivity index (χ1v) is 3.96. The second-order valence-corrected chi connectivity index (χ2v) is 2.88. The van der Waals surface area contributed by atoms with Crippen molar-refractivity contribution in [1.82, 2.24) is 4.98 Å². The van der Waals surface area contributed by atoms with Crippen molar-refractivity contribution in [3.8, 4) is 5.75 Å². The Morgan fingerprint density at radius 2 is 2.40 bits per heavy atom. The van der Waals surface area contributed by atoms with E-state index in [1.165, 1.54) is 6.20 Å². The zero-order valence-corrected chi connectivity index (χ0v) is 7.35. The lowest BCUT2D eigenvalue weighted by molar-refractivity contribution is 0.469. The third kappa shape index (κ3) is 1.61. The fourth-order valence-electron chi connectivity index (χ4n) is 0.536. The minimum absolute atomic E-state index is 0.133. The highest BCUT2D eigenvalue weighted by Crippen LogP contribution is 2.22. The molecule has 0 amide bonds. The van der Waals surface area contributed by atoms with E-state index in [9.17, 15) is 0 Å². The summed E-state index contributed by atoms with van der Waals surface area (Å²) in [6.07, 6.45) is 1.36. The first-order chi connectivity index (χ1) is 4.74. The Kier molecular flexibility index (Phi) is 2.51. The van der Waals surface area contributed by atoms with Crippen molar-refractivity contribution >= 4 is 27.5 Å². The summed E-state index contributed by atoms with van der Waals surface area (Å²) in [6.45, 7) is 0. The highest BCUT2D eigenvalue weighted by atomic mass is 79.9. The largest absolute Gasteiger partial charge is 0.505 e. The highest BCUT2D eigenvalue weighted by molar-refractivity contribution is 9.10. The second kappa shape index (κ2) is 3.21. The van der Waals surface area contributed by atoms with Crippen molar-refractivity contribution in [2.45, 2.75) is 5.88 Å². The van der Waals surface area contributed by atoms with Gasteiger partial charge in [-0.1, -0.05) is 0 Å². The maximum absolute atomic E-state index is 8.99. The number of hydrogen-bond acceptors (Lipinski definition) is 2. The lowest BCUT2D eigenvalue weighted by atomic mass is 10.4. The standard InChI is InChI=1S/C6H5BrClNO/c7-5-1-4(2-8)9-3-6(5)10/h1,3,10H,2H2. The summed E-state index contributed by atoms with van der Waals surface area (Å²) < 4.78 is 0.623. The molecule has 1 heterocycles. The quantitative estimate of drug-likeness (QED) is 0.740. The number of nitrogens with zero attached hydrogens (tertiary/aromatic N) is 1. The fraction of sp³-hybridized carbons (Fsp3) is 0.167. The van der Waals surface area contributed by atoms with Crippen LogP contribution in [0.4, 0.5) is 0 Å². The van der Waals surface area contributed by atoms with Crippen LogP contribution in [0.2, 0.25) is 0 Å². The van der Waals surface area contributed by atoms with Crippen LogP contribution >= 0.6 is 27.5 Å². The monoisotopic (exact) mass is 221 g/mol. The van der Waals surface area contributed by atoms with E-state index in [1.54, 1.807) is 6.07 Å². The van der Waals surface area contributed by atoms with E-state index in [2.05, 4.69) is 20.9 Å². The number of halogens is 2. The van der Waals surface area contributed by atoms with Gasteiger partial charge >= 0.3 is 0 Å². The average Bonchev–Trinajstić information content (AvgIpc) is 1.95. The Hall–Kier alpha value is -0.280. The summed E-state index contributed by atoms with van der Waals surface area (Å²) in [5, 5.41) is 8.99. The highest BCUT2D eigenvalue weighted by Gasteiger charge is 1.98. The summed E-state index contributed by atoms with van der Waals surface area (Å²) >= 11 is 8.62. The van der Waals surface area contributed by atoms with Gasteiger partial charge in [0.1, 0.15) is 5.75 Å². The van der Waals surface area contributed by atoms with Gasteiger partial charge in [0.25, 0.3) is 0 Å². The minimum atomic E-state index is 0.133. The third-order valence-electron chi connectivity index (χ3n) is 1.03. The van der Waals surface area contributed by atoms with Crippen LogP contribution < -0.4 is 0 Å². The Morgan fingerprint density at radius 3 is 2.90 bits per heavy atom. The molecule has 4 heteroatoms. The molecule has 0 aliphatic rings. The fourth-order valence-corrected chi connectivity index (χ4v) is 1.05. The van der Waals surface area contributed by atoms with Gasteiger partial charge in [-0.05, 0) is 22.0 Å². The van der Waals surface area contributed by atoms with E-state index >= 15 is 0 Å². The molecule has 1 N–H and O–H groups in total. The first-order valence-electron chi connectivity index (χ1n) is 2.63. The van der Waals surface area contributed by atoms with Gasteiger partial charge in [-0.3, -0.25) is 4.98 Å².